The van der Waals surface area contributed by atoms with E-state index in [0.29, 0.717) is 6.61 Å². The number of hydrogen-bond donors (Lipinski definition) is 0. The quantitative estimate of drug-likeness (QED) is 0.239. The molecule has 0 saturated carbocycles. The van der Waals surface area contributed by atoms with Gasteiger partial charge in [-0.25, -0.2) is 17.8 Å². The number of rotatable bonds is 5. The fourth-order valence-corrected chi connectivity index (χ4v) is 2.28. The Kier molecular flexibility index (Phi) is 8.99. The van der Waals surface area contributed by atoms with Crippen LogP contribution >= 0.6 is 0 Å². The largest absolute Gasteiger partial charge is 0.741 e. The minimum atomic E-state index is -6.09. The molecule has 0 radical (unpaired) electrons. The lowest BCUT2D eigenvalue weighted by Gasteiger charge is -2.08. The molecule has 0 N–H and O–H groups in total. The minimum Gasteiger partial charge on any atom is -0.741 e. The van der Waals surface area contributed by atoms with Gasteiger partial charge in [-0.15, -0.1) is 0 Å². The van der Waals surface area contributed by atoms with Crippen molar-refractivity contribution in [3.05, 3.63) is 71.8 Å². The summed E-state index contributed by atoms with van der Waals surface area (Å²) < 4.78 is 65.9. The summed E-state index contributed by atoms with van der Waals surface area (Å²) in [6.07, 6.45) is 0. The second-order valence-corrected chi connectivity index (χ2v) is 7.01. The highest BCUT2D eigenvalue weighted by molar-refractivity contribution is 7.86. The zero-order valence-electron chi connectivity index (χ0n) is 15.7. The van der Waals surface area contributed by atoms with Crippen LogP contribution in [0.3, 0.4) is 0 Å². The van der Waals surface area contributed by atoms with Gasteiger partial charge in [0.1, 0.15) is 7.05 Å². The molecule has 0 fully saturated rings. The Morgan fingerprint density at radius 3 is 1.69 bits per heavy atom. The van der Waals surface area contributed by atoms with Crippen molar-refractivity contribution in [2.75, 3.05) is 20.2 Å². The zero-order valence-corrected chi connectivity index (χ0v) is 16.5. The highest BCUT2D eigenvalue weighted by Crippen LogP contribution is 2.20. The fraction of sp³-hybridized carbons (Fsp3) is 0.263. The summed E-state index contributed by atoms with van der Waals surface area (Å²) in [4.78, 5) is 11.7. The first-order chi connectivity index (χ1) is 13.5. The SMILES string of the molecule is CCOC(=O)C[N+](C)=C(c1ccccc1)c1ccccc1.O=S(=O)([O-])C(F)(F)F. The van der Waals surface area contributed by atoms with Crippen molar-refractivity contribution < 1.29 is 40.2 Å². The number of carbonyl (C=O) groups excluding carboxylic acids is 1. The molecular formula is C19H20F3NO5S. The van der Waals surface area contributed by atoms with E-state index in [2.05, 4.69) is 0 Å². The first kappa shape index (κ1) is 24.3. The van der Waals surface area contributed by atoms with E-state index < -0.39 is 15.6 Å². The lowest BCUT2D eigenvalue weighted by molar-refractivity contribution is -0.486. The summed E-state index contributed by atoms with van der Waals surface area (Å²) in [7, 11) is -4.18. The maximum absolute atomic E-state index is 11.7. The average molecular weight is 431 g/mol. The molecule has 2 rings (SSSR count). The number of likely N-dealkylation sites (N-methyl/N-ethyl adjacent to an activating group) is 1. The molecule has 6 nitrogen and oxygen atoms in total. The van der Waals surface area contributed by atoms with E-state index >= 15 is 0 Å². The molecular weight excluding hydrogens is 411 g/mol. The summed E-state index contributed by atoms with van der Waals surface area (Å²) in [5.74, 6) is -0.218. The predicted octanol–water partition coefficient (Wildman–Crippen LogP) is 2.78. The van der Waals surface area contributed by atoms with Gasteiger partial charge in [-0.05, 0) is 31.2 Å². The normalized spacial score (nSPS) is 11.1. The minimum absolute atomic E-state index is 0.218. The Labute approximate surface area is 167 Å². The van der Waals surface area contributed by atoms with E-state index in [0.717, 1.165) is 16.8 Å². The molecule has 0 bridgehead atoms. The third-order valence-corrected chi connectivity index (χ3v) is 4.00. The van der Waals surface area contributed by atoms with Crippen LogP contribution in [0.4, 0.5) is 13.2 Å². The van der Waals surface area contributed by atoms with Crippen LogP contribution in [0, 0.1) is 0 Å². The molecule has 0 atom stereocenters. The van der Waals surface area contributed by atoms with Crippen LogP contribution in [0.5, 0.6) is 0 Å². The predicted molar refractivity (Wildman–Crippen MR) is 99.5 cm³/mol. The van der Waals surface area contributed by atoms with Crippen molar-refractivity contribution in [2.24, 2.45) is 0 Å². The van der Waals surface area contributed by atoms with E-state index in [1.54, 1.807) is 0 Å². The lowest BCUT2D eigenvalue weighted by atomic mass is 10.0. The smallest absolute Gasteiger partial charge is 0.485 e. The number of halogens is 3. The Hall–Kier alpha value is -2.72. The number of benzene rings is 2. The Bertz CT molecular complexity index is 886. The molecule has 0 aromatic heterocycles. The van der Waals surface area contributed by atoms with Crippen LogP contribution < -0.4 is 0 Å². The van der Waals surface area contributed by atoms with E-state index in [4.69, 9.17) is 17.7 Å². The van der Waals surface area contributed by atoms with E-state index in [1.807, 2.05) is 79.2 Å². The lowest BCUT2D eigenvalue weighted by Crippen LogP contribution is -2.26. The molecule has 10 heteroatoms. The molecule has 0 aliphatic heterocycles. The monoisotopic (exact) mass is 431 g/mol. The molecule has 158 valence electrons. The van der Waals surface area contributed by atoms with Gasteiger partial charge in [0.15, 0.2) is 10.1 Å². The standard InChI is InChI=1S/C18H20NO2.CHF3O3S/c1-3-21-17(20)14-19(2)18(15-10-6-4-7-11-15)16-12-8-5-9-13-16;2-1(3,4)8(5,6)7/h4-13H,3,14H2,1-2H3;(H,5,6,7)/q+1;/p-1. The Balaban J connectivity index is 0.000000447. The Morgan fingerprint density at radius 2 is 1.38 bits per heavy atom. The number of ether oxygens (including phenoxy) is 1. The zero-order chi connectivity index (χ0) is 22.1. The summed E-state index contributed by atoms with van der Waals surface area (Å²) in [6, 6.07) is 20.1. The summed E-state index contributed by atoms with van der Waals surface area (Å²) in [5, 5.41) is 0. The molecule has 2 aromatic carbocycles. The topological polar surface area (TPSA) is 86.5 Å². The first-order valence-electron chi connectivity index (χ1n) is 8.34. The molecule has 0 aliphatic rings. The van der Waals surface area contributed by atoms with Gasteiger partial charge in [0.25, 0.3) is 0 Å². The molecule has 2 aromatic rings. The second-order valence-electron chi connectivity index (χ2n) is 5.64. The number of hydrogen-bond acceptors (Lipinski definition) is 5. The van der Waals surface area contributed by atoms with Crippen LogP contribution in [0.15, 0.2) is 60.7 Å². The van der Waals surface area contributed by atoms with Gasteiger partial charge in [-0.3, -0.25) is 0 Å². The van der Waals surface area contributed by atoms with Crippen LogP contribution in [0.2, 0.25) is 0 Å². The van der Waals surface area contributed by atoms with Crippen molar-refractivity contribution in [3.8, 4) is 0 Å². The van der Waals surface area contributed by atoms with Gasteiger partial charge in [0, 0.05) is 11.1 Å². The molecule has 0 unspecified atom stereocenters. The van der Waals surface area contributed by atoms with Crippen molar-refractivity contribution >= 4 is 21.8 Å². The van der Waals surface area contributed by atoms with Crippen LogP contribution in [0.1, 0.15) is 18.1 Å². The maximum Gasteiger partial charge on any atom is 0.485 e. The van der Waals surface area contributed by atoms with Crippen LogP contribution in [-0.4, -0.2) is 54.9 Å². The molecule has 0 saturated heterocycles. The first-order valence-corrected chi connectivity index (χ1v) is 9.75. The van der Waals surface area contributed by atoms with Gasteiger partial charge in [-0.2, -0.15) is 13.2 Å². The Morgan fingerprint density at radius 1 is 1.00 bits per heavy atom. The van der Waals surface area contributed by atoms with E-state index in [-0.39, 0.29) is 12.5 Å². The average Bonchev–Trinajstić information content (AvgIpc) is 2.63. The number of esters is 1. The van der Waals surface area contributed by atoms with Gasteiger partial charge < -0.3 is 9.29 Å². The summed E-state index contributed by atoms with van der Waals surface area (Å²) >= 11 is 0. The van der Waals surface area contributed by atoms with Gasteiger partial charge >= 0.3 is 11.5 Å². The summed E-state index contributed by atoms with van der Waals surface area (Å²) in [6.45, 7) is 2.45. The van der Waals surface area contributed by atoms with E-state index in [1.165, 1.54) is 0 Å². The van der Waals surface area contributed by atoms with Crippen LogP contribution in [-0.2, 0) is 19.6 Å². The second kappa shape index (κ2) is 10.7. The number of alkyl halides is 3. The van der Waals surface area contributed by atoms with Crippen molar-refractivity contribution in [1.82, 2.24) is 0 Å². The highest BCUT2D eigenvalue weighted by Gasteiger charge is 2.36. The van der Waals surface area contributed by atoms with Gasteiger partial charge in [-0.1, -0.05) is 36.4 Å². The number of nitrogens with zero attached hydrogens (tertiary/aromatic N) is 1. The van der Waals surface area contributed by atoms with Gasteiger partial charge in [0.05, 0.1) is 6.61 Å². The van der Waals surface area contributed by atoms with Gasteiger partial charge in [0.2, 0.25) is 12.3 Å². The van der Waals surface area contributed by atoms with Crippen molar-refractivity contribution in [1.29, 1.82) is 0 Å². The molecule has 0 aliphatic carbocycles. The third kappa shape index (κ3) is 8.04. The highest BCUT2D eigenvalue weighted by atomic mass is 32.2. The summed E-state index contributed by atoms with van der Waals surface area (Å²) in [5.41, 5.74) is -2.47. The van der Waals surface area contributed by atoms with E-state index in [9.17, 15) is 18.0 Å². The number of carbonyl (C=O) groups is 1. The third-order valence-electron chi connectivity index (χ3n) is 3.43. The molecule has 0 amide bonds. The molecule has 0 heterocycles. The fourth-order valence-electron chi connectivity index (χ4n) is 2.28. The van der Waals surface area contributed by atoms with Crippen molar-refractivity contribution in [3.63, 3.8) is 0 Å². The molecule has 0 spiro atoms. The maximum atomic E-state index is 11.7. The van der Waals surface area contributed by atoms with Crippen molar-refractivity contribution in [2.45, 2.75) is 12.4 Å². The van der Waals surface area contributed by atoms with Crippen LogP contribution in [0.25, 0.3) is 0 Å². The molecule has 29 heavy (non-hydrogen) atoms.